The molecule has 2 aromatic carbocycles. The van der Waals surface area contributed by atoms with Crippen molar-refractivity contribution in [1.82, 2.24) is 9.72 Å². The Balaban J connectivity index is 1.81. The van der Waals surface area contributed by atoms with E-state index < -0.39 is 0 Å². The lowest BCUT2D eigenvalue weighted by molar-refractivity contribution is 0.101. The number of Topliss-reactive ketones (excluding diaryl/α,β-unsaturated/α-hetero) is 1. The summed E-state index contributed by atoms with van der Waals surface area (Å²) in [7, 11) is 0. The van der Waals surface area contributed by atoms with Crippen LogP contribution in [0.25, 0.3) is 22.2 Å². The van der Waals surface area contributed by atoms with E-state index in [1.165, 1.54) is 23.6 Å². The smallest absolute Gasteiger partial charge is 0.262 e. The van der Waals surface area contributed by atoms with Gasteiger partial charge in [-0.05, 0) is 49.7 Å². The SMILES string of the molecule is CC(=O)c1c(C)c2ccccc2n(Cc2cc(-c3ccc(F)cc3)no2)c1=O. The highest BCUT2D eigenvalue weighted by Gasteiger charge is 2.18. The number of halogens is 1. The minimum absolute atomic E-state index is 0.133. The fraction of sp³-hybridized carbons (Fsp3) is 0.136. The maximum absolute atomic E-state index is 13.1. The molecule has 28 heavy (non-hydrogen) atoms. The number of rotatable bonds is 4. The normalized spacial score (nSPS) is 11.1. The summed E-state index contributed by atoms with van der Waals surface area (Å²) in [5.41, 5.74) is 2.47. The van der Waals surface area contributed by atoms with Gasteiger partial charge in [-0.3, -0.25) is 14.2 Å². The highest BCUT2D eigenvalue weighted by molar-refractivity contribution is 6.00. The Kier molecular flexibility index (Phi) is 4.39. The van der Waals surface area contributed by atoms with E-state index in [0.29, 0.717) is 22.6 Å². The number of para-hydroxylation sites is 1. The third-order valence-electron chi connectivity index (χ3n) is 4.80. The van der Waals surface area contributed by atoms with Crippen molar-refractivity contribution in [1.29, 1.82) is 0 Å². The number of benzene rings is 2. The van der Waals surface area contributed by atoms with Gasteiger partial charge >= 0.3 is 0 Å². The summed E-state index contributed by atoms with van der Waals surface area (Å²) >= 11 is 0. The third-order valence-corrected chi connectivity index (χ3v) is 4.80. The molecule has 0 saturated carbocycles. The molecule has 0 aliphatic heterocycles. The van der Waals surface area contributed by atoms with Gasteiger partial charge < -0.3 is 4.52 Å². The first-order valence-corrected chi connectivity index (χ1v) is 8.80. The van der Waals surface area contributed by atoms with Crippen molar-refractivity contribution >= 4 is 16.7 Å². The van der Waals surface area contributed by atoms with E-state index in [0.717, 1.165) is 10.9 Å². The molecule has 0 atom stereocenters. The lowest BCUT2D eigenvalue weighted by atomic mass is 10.0. The summed E-state index contributed by atoms with van der Waals surface area (Å²) in [4.78, 5) is 25.1. The molecule has 6 heteroatoms. The molecular weight excluding hydrogens is 359 g/mol. The first-order chi connectivity index (χ1) is 13.5. The molecule has 0 aliphatic carbocycles. The highest BCUT2D eigenvalue weighted by Crippen LogP contribution is 2.23. The van der Waals surface area contributed by atoms with Crippen molar-refractivity contribution in [3.05, 3.63) is 87.7 Å². The van der Waals surface area contributed by atoms with E-state index in [4.69, 9.17) is 4.52 Å². The Morgan fingerprint density at radius 3 is 2.57 bits per heavy atom. The average Bonchev–Trinajstić information content (AvgIpc) is 3.14. The van der Waals surface area contributed by atoms with E-state index >= 15 is 0 Å². The molecule has 140 valence electrons. The zero-order chi connectivity index (χ0) is 19.8. The first kappa shape index (κ1) is 17.9. The van der Waals surface area contributed by atoms with Crippen molar-refractivity contribution in [2.45, 2.75) is 20.4 Å². The van der Waals surface area contributed by atoms with Crippen LogP contribution in [-0.2, 0) is 6.54 Å². The van der Waals surface area contributed by atoms with Crippen LogP contribution in [0.3, 0.4) is 0 Å². The zero-order valence-electron chi connectivity index (χ0n) is 15.4. The first-order valence-electron chi connectivity index (χ1n) is 8.80. The lowest BCUT2D eigenvalue weighted by Gasteiger charge is -2.13. The molecule has 0 saturated heterocycles. The number of hydrogen-bond donors (Lipinski definition) is 0. The summed E-state index contributed by atoms with van der Waals surface area (Å²) < 4.78 is 20.0. The van der Waals surface area contributed by atoms with Crippen LogP contribution in [0.2, 0.25) is 0 Å². The zero-order valence-corrected chi connectivity index (χ0v) is 15.4. The number of carbonyl (C=O) groups excluding carboxylic acids is 1. The number of aromatic nitrogens is 2. The van der Waals surface area contributed by atoms with Crippen molar-refractivity contribution < 1.29 is 13.7 Å². The predicted octanol–water partition coefficient (Wildman–Crippen LogP) is 4.35. The molecule has 2 heterocycles. The standard InChI is InChI=1S/C22H17FN2O3/c1-13-18-5-3-4-6-20(18)25(22(27)21(13)14(2)26)12-17-11-19(24-28-17)15-7-9-16(23)10-8-15/h3-11H,12H2,1-2H3. The maximum Gasteiger partial charge on any atom is 0.262 e. The molecule has 0 radical (unpaired) electrons. The second-order valence-electron chi connectivity index (χ2n) is 6.65. The van der Waals surface area contributed by atoms with Crippen LogP contribution in [0.15, 0.2) is 63.9 Å². The molecule has 4 aromatic rings. The summed E-state index contributed by atoms with van der Waals surface area (Å²) in [5.74, 6) is -0.140. The number of pyridine rings is 1. The third kappa shape index (κ3) is 3.03. The largest absolute Gasteiger partial charge is 0.359 e. The topological polar surface area (TPSA) is 65.1 Å². The van der Waals surface area contributed by atoms with Gasteiger partial charge in [0.25, 0.3) is 5.56 Å². The number of aryl methyl sites for hydroxylation is 1. The van der Waals surface area contributed by atoms with E-state index in [1.54, 1.807) is 25.1 Å². The molecule has 0 spiro atoms. The Morgan fingerprint density at radius 1 is 1.14 bits per heavy atom. The minimum Gasteiger partial charge on any atom is -0.359 e. The minimum atomic E-state index is -0.358. The molecule has 0 unspecified atom stereocenters. The van der Waals surface area contributed by atoms with E-state index in [-0.39, 0.29) is 29.3 Å². The Hall–Kier alpha value is -3.54. The van der Waals surface area contributed by atoms with Gasteiger partial charge in [-0.2, -0.15) is 0 Å². The van der Waals surface area contributed by atoms with Gasteiger partial charge in [0.2, 0.25) is 0 Å². The molecule has 0 amide bonds. The summed E-state index contributed by atoms with van der Waals surface area (Å²) in [5, 5.41) is 4.86. The van der Waals surface area contributed by atoms with Gasteiger partial charge in [0.15, 0.2) is 11.5 Å². The fourth-order valence-electron chi connectivity index (χ4n) is 3.44. The van der Waals surface area contributed by atoms with Gasteiger partial charge in [-0.15, -0.1) is 0 Å². The molecule has 5 nitrogen and oxygen atoms in total. The van der Waals surface area contributed by atoms with Gasteiger partial charge in [-0.25, -0.2) is 4.39 Å². The van der Waals surface area contributed by atoms with Crippen LogP contribution in [0.5, 0.6) is 0 Å². The van der Waals surface area contributed by atoms with Crippen LogP contribution in [0.1, 0.15) is 28.6 Å². The Labute approximate surface area is 160 Å². The van der Waals surface area contributed by atoms with Crippen molar-refractivity contribution in [3.63, 3.8) is 0 Å². The predicted molar refractivity (Wildman–Crippen MR) is 104 cm³/mol. The van der Waals surface area contributed by atoms with E-state index in [2.05, 4.69) is 5.16 Å². The molecule has 0 aliphatic rings. The van der Waals surface area contributed by atoms with Gasteiger partial charge in [-0.1, -0.05) is 23.4 Å². The number of carbonyl (C=O) groups is 1. The van der Waals surface area contributed by atoms with Crippen LogP contribution in [0.4, 0.5) is 4.39 Å². The number of nitrogens with zero attached hydrogens (tertiary/aromatic N) is 2. The van der Waals surface area contributed by atoms with Crippen LogP contribution < -0.4 is 5.56 Å². The number of fused-ring (bicyclic) bond motifs is 1. The van der Waals surface area contributed by atoms with Crippen molar-refractivity contribution in [3.8, 4) is 11.3 Å². The molecule has 0 N–H and O–H groups in total. The second-order valence-corrected chi connectivity index (χ2v) is 6.65. The van der Waals surface area contributed by atoms with Crippen molar-refractivity contribution in [2.75, 3.05) is 0 Å². The fourth-order valence-corrected chi connectivity index (χ4v) is 3.44. The Morgan fingerprint density at radius 2 is 1.86 bits per heavy atom. The van der Waals surface area contributed by atoms with Crippen LogP contribution in [-0.4, -0.2) is 15.5 Å². The van der Waals surface area contributed by atoms with Gasteiger partial charge in [0.05, 0.1) is 17.6 Å². The highest BCUT2D eigenvalue weighted by atomic mass is 19.1. The summed E-state index contributed by atoms with van der Waals surface area (Å²) in [6.45, 7) is 3.31. The van der Waals surface area contributed by atoms with E-state index in [9.17, 15) is 14.0 Å². The second kappa shape index (κ2) is 6.88. The molecule has 4 rings (SSSR count). The monoisotopic (exact) mass is 376 g/mol. The summed E-state index contributed by atoms with van der Waals surface area (Å²) in [6, 6.07) is 15.1. The van der Waals surface area contributed by atoms with Gasteiger partial charge in [0, 0.05) is 17.0 Å². The number of hydrogen-bond acceptors (Lipinski definition) is 4. The molecule has 0 fully saturated rings. The quantitative estimate of drug-likeness (QED) is 0.497. The molecule has 2 aromatic heterocycles. The molecule has 0 bridgehead atoms. The summed E-state index contributed by atoms with van der Waals surface area (Å²) in [6.07, 6.45) is 0. The Bertz CT molecular complexity index is 1250. The van der Waals surface area contributed by atoms with Crippen molar-refractivity contribution in [2.24, 2.45) is 0 Å². The van der Waals surface area contributed by atoms with Gasteiger partial charge in [0.1, 0.15) is 11.5 Å². The lowest BCUT2D eigenvalue weighted by Crippen LogP contribution is -2.28. The van der Waals surface area contributed by atoms with Crippen LogP contribution in [0, 0.1) is 12.7 Å². The maximum atomic E-state index is 13.1. The number of ketones is 1. The average molecular weight is 376 g/mol. The van der Waals surface area contributed by atoms with E-state index in [1.807, 2.05) is 24.3 Å². The molecular formula is C22H17FN2O3. The van der Waals surface area contributed by atoms with Crippen LogP contribution >= 0.6 is 0 Å².